The van der Waals surface area contributed by atoms with Gasteiger partial charge in [0.1, 0.15) is 17.0 Å². The normalized spacial score (nSPS) is 12.3. The summed E-state index contributed by atoms with van der Waals surface area (Å²) in [6.07, 6.45) is 0.871. The average molecular weight is 275 g/mol. The van der Waals surface area contributed by atoms with E-state index in [1.165, 1.54) is 0 Å². The molecule has 0 spiro atoms. The van der Waals surface area contributed by atoms with Crippen molar-refractivity contribution in [3.05, 3.63) is 28.8 Å². The minimum absolute atomic E-state index is 0.179. The molecule has 0 radical (unpaired) electrons. The van der Waals surface area contributed by atoms with E-state index in [0.29, 0.717) is 0 Å². The molecule has 0 bridgehead atoms. The van der Waals surface area contributed by atoms with Gasteiger partial charge in [0.2, 0.25) is 0 Å². The molecule has 1 atom stereocenters. The quantitative estimate of drug-likeness (QED) is 0.819. The van der Waals surface area contributed by atoms with Gasteiger partial charge < -0.3 is 10.4 Å². The van der Waals surface area contributed by atoms with Crippen molar-refractivity contribution < 1.29 is 19.1 Å². The Hall–Kier alpha value is -1.69. The van der Waals surface area contributed by atoms with Crippen molar-refractivity contribution in [2.75, 3.05) is 0 Å². The predicted molar refractivity (Wildman–Crippen MR) is 62.9 cm³/mol. The molecule has 18 heavy (non-hydrogen) atoms. The van der Waals surface area contributed by atoms with Crippen LogP contribution >= 0.6 is 11.6 Å². The first-order chi connectivity index (χ1) is 8.32. The first-order valence-corrected chi connectivity index (χ1v) is 5.55. The Morgan fingerprint density at radius 1 is 1.50 bits per heavy atom. The van der Waals surface area contributed by atoms with Crippen LogP contribution in [0.5, 0.6) is 0 Å². The number of aromatic nitrogens is 1. The molecule has 1 rings (SSSR count). The number of hydrogen-bond acceptors (Lipinski definition) is 3. The van der Waals surface area contributed by atoms with E-state index < -0.39 is 23.7 Å². The maximum atomic E-state index is 12.9. The summed E-state index contributed by atoms with van der Waals surface area (Å²) in [6.45, 7) is 3.29. The van der Waals surface area contributed by atoms with Crippen LogP contribution in [0.15, 0.2) is 12.3 Å². The Labute approximate surface area is 108 Å². The van der Waals surface area contributed by atoms with Gasteiger partial charge in [0.05, 0.1) is 11.8 Å². The van der Waals surface area contributed by atoms with Crippen LogP contribution in [0.4, 0.5) is 4.39 Å². The van der Waals surface area contributed by atoms with Gasteiger partial charge in [0.15, 0.2) is 0 Å². The van der Waals surface area contributed by atoms with Crippen molar-refractivity contribution in [3.8, 4) is 0 Å². The number of carbonyl (C=O) groups is 2. The van der Waals surface area contributed by atoms with Gasteiger partial charge in [0.25, 0.3) is 5.91 Å². The lowest BCUT2D eigenvalue weighted by atomic mass is 10.0. The molecule has 0 aromatic carbocycles. The van der Waals surface area contributed by atoms with Gasteiger partial charge in [-0.05, 0) is 12.0 Å². The van der Waals surface area contributed by atoms with Gasteiger partial charge in [0, 0.05) is 0 Å². The van der Waals surface area contributed by atoms with Crippen molar-refractivity contribution >= 4 is 23.5 Å². The molecule has 0 saturated heterocycles. The van der Waals surface area contributed by atoms with E-state index in [4.69, 9.17) is 16.7 Å². The van der Waals surface area contributed by atoms with E-state index in [9.17, 15) is 14.0 Å². The number of nitrogens with one attached hydrogen (secondary N) is 1. The van der Waals surface area contributed by atoms with Crippen LogP contribution in [0.3, 0.4) is 0 Å². The van der Waals surface area contributed by atoms with E-state index in [1.54, 1.807) is 13.8 Å². The summed E-state index contributed by atoms with van der Waals surface area (Å²) in [5, 5.41) is 11.0. The predicted octanol–water partition coefficient (Wildman–Crippen LogP) is 1.71. The van der Waals surface area contributed by atoms with Gasteiger partial charge in [-0.25, -0.2) is 14.2 Å². The van der Waals surface area contributed by atoms with E-state index in [-0.39, 0.29) is 16.6 Å². The van der Waals surface area contributed by atoms with Gasteiger partial charge in [-0.15, -0.1) is 0 Å². The highest BCUT2D eigenvalue weighted by molar-refractivity contribution is 6.32. The summed E-state index contributed by atoms with van der Waals surface area (Å²) in [5.41, 5.74) is -0.191. The molecule has 1 amide bonds. The number of aliphatic carboxylic acids is 1. The van der Waals surface area contributed by atoms with E-state index in [2.05, 4.69) is 10.3 Å². The Kier molecular flexibility index (Phi) is 4.61. The Morgan fingerprint density at radius 3 is 2.61 bits per heavy atom. The highest BCUT2D eigenvalue weighted by Gasteiger charge is 2.25. The highest BCUT2D eigenvalue weighted by atomic mass is 35.5. The second-order valence-corrected chi connectivity index (χ2v) is 4.38. The van der Waals surface area contributed by atoms with Gasteiger partial charge in [-0.2, -0.15) is 0 Å². The van der Waals surface area contributed by atoms with Crippen LogP contribution in [0.1, 0.15) is 24.2 Å². The smallest absolute Gasteiger partial charge is 0.326 e. The third kappa shape index (κ3) is 3.40. The maximum Gasteiger partial charge on any atom is 0.326 e. The fourth-order valence-corrected chi connectivity index (χ4v) is 1.50. The number of nitrogens with zero attached hydrogens (tertiary/aromatic N) is 1. The molecule has 2 N–H and O–H groups in total. The summed E-state index contributed by atoms with van der Waals surface area (Å²) in [4.78, 5) is 26.2. The van der Waals surface area contributed by atoms with Crippen molar-refractivity contribution in [2.45, 2.75) is 19.9 Å². The van der Waals surface area contributed by atoms with Gasteiger partial charge in [-0.1, -0.05) is 25.4 Å². The average Bonchev–Trinajstić information content (AvgIpc) is 2.28. The fourth-order valence-electron chi connectivity index (χ4n) is 1.31. The number of pyridine rings is 1. The summed E-state index contributed by atoms with van der Waals surface area (Å²) in [5.74, 6) is -2.97. The Bertz CT molecular complexity index is 479. The third-order valence-corrected chi connectivity index (χ3v) is 2.57. The first kappa shape index (κ1) is 14.4. The molecule has 0 fully saturated rings. The first-order valence-electron chi connectivity index (χ1n) is 5.17. The topological polar surface area (TPSA) is 79.3 Å². The third-order valence-electron chi connectivity index (χ3n) is 2.27. The summed E-state index contributed by atoms with van der Waals surface area (Å²) in [6, 6.07) is -0.166. The summed E-state index contributed by atoms with van der Waals surface area (Å²) in [7, 11) is 0. The fraction of sp³-hybridized carbons (Fsp3) is 0.364. The van der Waals surface area contributed by atoms with Crippen LogP contribution in [0.2, 0.25) is 5.15 Å². The Balaban J connectivity index is 2.94. The molecule has 1 heterocycles. The maximum absolute atomic E-state index is 12.9. The number of amides is 1. The van der Waals surface area contributed by atoms with Crippen molar-refractivity contribution in [1.29, 1.82) is 0 Å². The molecule has 0 aliphatic heterocycles. The van der Waals surface area contributed by atoms with Crippen molar-refractivity contribution in [2.24, 2.45) is 5.92 Å². The molecule has 5 nitrogen and oxygen atoms in total. The number of hydrogen-bond donors (Lipinski definition) is 2. The van der Waals surface area contributed by atoms with E-state index in [1.807, 2.05) is 0 Å². The van der Waals surface area contributed by atoms with Gasteiger partial charge in [-0.3, -0.25) is 4.79 Å². The number of halogens is 2. The van der Waals surface area contributed by atoms with E-state index >= 15 is 0 Å². The zero-order valence-electron chi connectivity index (χ0n) is 9.78. The minimum atomic E-state index is -1.17. The molecule has 1 aromatic heterocycles. The highest BCUT2D eigenvalue weighted by Crippen LogP contribution is 2.14. The van der Waals surface area contributed by atoms with Crippen LogP contribution in [0, 0.1) is 11.7 Å². The van der Waals surface area contributed by atoms with Crippen molar-refractivity contribution in [3.63, 3.8) is 0 Å². The van der Waals surface area contributed by atoms with Crippen LogP contribution in [-0.2, 0) is 4.79 Å². The lowest BCUT2D eigenvalue weighted by molar-refractivity contribution is -0.140. The second kappa shape index (κ2) is 5.77. The summed E-state index contributed by atoms with van der Waals surface area (Å²) < 4.78 is 12.9. The summed E-state index contributed by atoms with van der Waals surface area (Å²) >= 11 is 5.65. The number of carboxylic acids is 1. The van der Waals surface area contributed by atoms with Crippen LogP contribution in [0.25, 0.3) is 0 Å². The number of carboxylic acid groups (broad SMARTS) is 1. The molecule has 0 aliphatic rings. The number of carbonyl (C=O) groups excluding carboxylic acids is 1. The molecule has 0 aliphatic carbocycles. The SMILES string of the molecule is CC(C)C(NC(=O)c1cc(F)cnc1Cl)C(=O)O. The lowest BCUT2D eigenvalue weighted by Crippen LogP contribution is -2.44. The molecular formula is C11H12ClFN2O3. The zero-order valence-corrected chi connectivity index (χ0v) is 10.5. The molecular weight excluding hydrogens is 263 g/mol. The van der Waals surface area contributed by atoms with Crippen LogP contribution < -0.4 is 5.32 Å². The van der Waals surface area contributed by atoms with Gasteiger partial charge >= 0.3 is 5.97 Å². The Morgan fingerprint density at radius 2 is 2.11 bits per heavy atom. The van der Waals surface area contributed by atoms with E-state index in [0.717, 1.165) is 12.3 Å². The minimum Gasteiger partial charge on any atom is -0.480 e. The lowest BCUT2D eigenvalue weighted by Gasteiger charge is -2.18. The molecule has 1 aromatic rings. The van der Waals surface area contributed by atoms with Crippen molar-refractivity contribution in [1.82, 2.24) is 10.3 Å². The molecule has 98 valence electrons. The number of rotatable bonds is 4. The molecule has 7 heteroatoms. The second-order valence-electron chi connectivity index (χ2n) is 4.03. The largest absolute Gasteiger partial charge is 0.480 e. The molecule has 1 unspecified atom stereocenters. The van der Waals surface area contributed by atoms with Crippen LogP contribution in [-0.4, -0.2) is 28.0 Å². The monoisotopic (exact) mass is 274 g/mol. The standard InChI is InChI=1S/C11H12ClFN2O3/c1-5(2)8(11(17)18)15-10(16)7-3-6(13)4-14-9(7)12/h3-5,8H,1-2H3,(H,15,16)(H,17,18). The molecule has 0 saturated carbocycles. The zero-order chi connectivity index (χ0) is 13.9.